The molecule has 0 N–H and O–H groups in total. The van der Waals surface area contributed by atoms with Crippen molar-refractivity contribution in [1.82, 2.24) is 0 Å². The van der Waals surface area contributed by atoms with Gasteiger partial charge in [-0.2, -0.15) is 0 Å². The van der Waals surface area contributed by atoms with Crippen LogP contribution < -0.4 is 0 Å². The molecule has 0 aromatic heterocycles. The Labute approximate surface area is 99.9 Å². The lowest BCUT2D eigenvalue weighted by atomic mass is 10.1. The molecule has 16 heavy (non-hydrogen) atoms. The molecular formula is C15H25F. The molecule has 0 nitrogen and oxygen atoms in total. The molecule has 0 atom stereocenters. The van der Waals surface area contributed by atoms with E-state index in [1.807, 2.05) is 26.8 Å². The number of hydrogen-bond acceptors (Lipinski definition) is 0. The van der Waals surface area contributed by atoms with E-state index in [0.29, 0.717) is 6.42 Å². The van der Waals surface area contributed by atoms with Gasteiger partial charge in [-0.1, -0.05) is 23.3 Å². The Morgan fingerprint density at radius 2 is 1.62 bits per heavy atom. The maximum Gasteiger partial charge on any atom is 0.0992 e. The van der Waals surface area contributed by atoms with Crippen molar-refractivity contribution in [3.63, 3.8) is 0 Å². The predicted octanol–water partition coefficient (Wildman–Crippen LogP) is 5.72. The smallest absolute Gasteiger partial charge is 0.0992 e. The van der Waals surface area contributed by atoms with Crippen LogP contribution in [0.15, 0.2) is 34.7 Å². The van der Waals surface area contributed by atoms with Gasteiger partial charge in [0.05, 0.1) is 5.83 Å². The SMILES string of the molecule is CC=C(C)CCC(F)=C(C)CCC=C(C)C. The molecule has 0 aromatic rings. The van der Waals surface area contributed by atoms with Gasteiger partial charge < -0.3 is 0 Å². The van der Waals surface area contributed by atoms with E-state index in [1.54, 1.807) is 0 Å². The van der Waals surface area contributed by atoms with Gasteiger partial charge in [0.1, 0.15) is 0 Å². The third-order valence-corrected chi connectivity index (χ3v) is 2.77. The molecule has 0 rings (SSSR count). The molecule has 0 radical (unpaired) electrons. The van der Waals surface area contributed by atoms with Gasteiger partial charge in [-0.05, 0) is 59.5 Å². The molecule has 0 unspecified atom stereocenters. The van der Waals surface area contributed by atoms with Crippen LogP contribution in [0.4, 0.5) is 4.39 Å². The Morgan fingerprint density at radius 3 is 2.12 bits per heavy atom. The Balaban J connectivity index is 4.10. The predicted molar refractivity (Wildman–Crippen MR) is 71.1 cm³/mol. The van der Waals surface area contributed by atoms with Crippen LogP contribution in [0, 0.1) is 0 Å². The average Bonchev–Trinajstić information content (AvgIpc) is 2.24. The van der Waals surface area contributed by atoms with E-state index in [0.717, 1.165) is 24.8 Å². The highest BCUT2D eigenvalue weighted by molar-refractivity contribution is 5.09. The highest BCUT2D eigenvalue weighted by atomic mass is 19.1. The quantitative estimate of drug-likeness (QED) is 0.506. The monoisotopic (exact) mass is 224 g/mol. The molecule has 0 amide bonds. The van der Waals surface area contributed by atoms with Crippen molar-refractivity contribution in [3.05, 3.63) is 34.7 Å². The van der Waals surface area contributed by atoms with E-state index in [-0.39, 0.29) is 5.83 Å². The van der Waals surface area contributed by atoms with Crippen LogP contribution in [0.3, 0.4) is 0 Å². The molecule has 0 spiro atoms. The van der Waals surface area contributed by atoms with E-state index in [9.17, 15) is 4.39 Å². The summed E-state index contributed by atoms with van der Waals surface area (Å²) >= 11 is 0. The molecular weight excluding hydrogens is 199 g/mol. The maximum atomic E-state index is 13.6. The fraction of sp³-hybridized carbons (Fsp3) is 0.600. The Bertz CT molecular complexity index is 289. The van der Waals surface area contributed by atoms with Gasteiger partial charge in [0.15, 0.2) is 0 Å². The summed E-state index contributed by atoms with van der Waals surface area (Å²) in [6.07, 6.45) is 7.38. The highest BCUT2D eigenvalue weighted by Gasteiger charge is 2.01. The second kappa shape index (κ2) is 8.32. The van der Waals surface area contributed by atoms with Crippen LogP contribution in [0.25, 0.3) is 0 Å². The van der Waals surface area contributed by atoms with Gasteiger partial charge in [-0.3, -0.25) is 0 Å². The van der Waals surface area contributed by atoms with E-state index in [1.165, 1.54) is 11.1 Å². The molecule has 0 aliphatic carbocycles. The number of halogens is 1. The van der Waals surface area contributed by atoms with Crippen LogP contribution in [-0.2, 0) is 0 Å². The lowest BCUT2D eigenvalue weighted by Crippen LogP contribution is -1.86. The summed E-state index contributed by atoms with van der Waals surface area (Å²) in [7, 11) is 0. The number of allylic oxidation sites excluding steroid dienone is 6. The normalized spacial score (nSPS) is 13.5. The topological polar surface area (TPSA) is 0 Å². The van der Waals surface area contributed by atoms with E-state index >= 15 is 0 Å². The first-order chi connectivity index (χ1) is 7.47. The van der Waals surface area contributed by atoms with Gasteiger partial charge in [-0.25, -0.2) is 4.39 Å². The fourth-order valence-electron chi connectivity index (χ4n) is 1.38. The molecule has 92 valence electrons. The number of hydrogen-bond donors (Lipinski definition) is 0. The molecule has 0 saturated heterocycles. The van der Waals surface area contributed by atoms with Crippen LogP contribution in [0.2, 0.25) is 0 Å². The van der Waals surface area contributed by atoms with Gasteiger partial charge in [-0.15, -0.1) is 0 Å². The Hall–Kier alpha value is -0.850. The largest absolute Gasteiger partial charge is 0.212 e. The second-order valence-corrected chi connectivity index (χ2v) is 4.64. The molecule has 0 saturated carbocycles. The highest BCUT2D eigenvalue weighted by Crippen LogP contribution is 2.19. The summed E-state index contributed by atoms with van der Waals surface area (Å²) in [6, 6.07) is 0. The first kappa shape index (κ1) is 15.2. The molecule has 0 aromatic carbocycles. The van der Waals surface area contributed by atoms with Gasteiger partial charge >= 0.3 is 0 Å². The van der Waals surface area contributed by atoms with Crippen LogP contribution in [0.5, 0.6) is 0 Å². The van der Waals surface area contributed by atoms with Gasteiger partial charge in [0, 0.05) is 6.42 Å². The van der Waals surface area contributed by atoms with E-state index in [2.05, 4.69) is 19.9 Å². The lowest BCUT2D eigenvalue weighted by molar-refractivity contribution is 0.568. The average molecular weight is 224 g/mol. The molecule has 0 aliphatic heterocycles. The van der Waals surface area contributed by atoms with Gasteiger partial charge in [0.2, 0.25) is 0 Å². The molecule has 1 heteroatoms. The van der Waals surface area contributed by atoms with Crippen LogP contribution in [0.1, 0.15) is 60.3 Å². The third-order valence-electron chi connectivity index (χ3n) is 2.77. The second-order valence-electron chi connectivity index (χ2n) is 4.64. The fourth-order valence-corrected chi connectivity index (χ4v) is 1.38. The molecule has 0 bridgehead atoms. The zero-order valence-corrected chi connectivity index (χ0v) is 11.4. The first-order valence-corrected chi connectivity index (χ1v) is 6.06. The minimum absolute atomic E-state index is 0.0726. The molecule has 0 aliphatic rings. The maximum absolute atomic E-state index is 13.6. The number of rotatable bonds is 6. The minimum atomic E-state index is 0.0726. The van der Waals surface area contributed by atoms with Crippen molar-refractivity contribution < 1.29 is 4.39 Å². The summed E-state index contributed by atoms with van der Waals surface area (Å²) in [6.45, 7) is 10.1. The van der Waals surface area contributed by atoms with Crippen LogP contribution >= 0.6 is 0 Å². The van der Waals surface area contributed by atoms with Crippen molar-refractivity contribution >= 4 is 0 Å². The van der Waals surface area contributed by atoms with E-state index in [4.69, 9.17) is 0 Å². The van der Waals surface area contributed by atoms with Gasteiger partial charge in [0.25, 0.3) is 0 Å². The Kier molecular flexibility index (Phi) is 7.88. The zero-order chi connectivity index (χ0) is 12.6. The summed E-state index contributed by atoms with van der Waals surface area (Å²) in [5.41, 5.74) is 3.46. The van der Waals surface area contributed by atoms with Crippen molar-refractivity contribution in [3.8, 4) is 0 Å². The Morgan fingerprint density at radius 1 is 1.00 bits per heavy atom. The third kappa shape index (κ3) is 7.44. The molecule has 0 fully saturated rings. The van der Waals surface area contributed by atoms with Crippen molar-refractivity contribution in [1.29, 1.82) is 0 Å². The van der Waals surface area contributed by atoms with Crippen molar-refractivity contribution in [2.45, 2.75) is 60.3 Å². The summed E-state index contributed by atoms with van der Waals surface area (Å²) in [5.74, 6) is 0.0726. The standard InChI is InChI=1S/C15H25F/c1-6-13(4)10-11-15(16)14(5)9-7-8-12(2)3/h6,8H,7,9-11H2,1-5H3. The first-order valence-electron chi connectivity index (χ1n) is 6.06. The minimum Gasteiger partial charge on any atom is -0.212 e. The summed E-state index contributed by atoms with van der Waals surface area (Å²) in [4.78, 5) is 0. The van der Waals surface area contributed by atoms with Crippen molar-refractivity contribution in [2.75, 3.05) is 0 Å². The van der Waals surface area contributed by atoms with Crippen molar-refractivity contribution in [2.24, 2.45) is 0 Å². The van der Waals surface area contributed by atoms with E-state index < -0.39 is 0 Å². The summed E-state index contributed by atoms with van der Waals surface area (Å²) < 4.78 is 13.6. The summed E-state index contributed by atoms with van der Waals surface area (Å²) in [5, 5.41) is 0. The zero-order valence-electron chi connectivity index (χ0n) is 11.4. The molecule has 0 heterocycles. The lowest BCUT2D eigenvalue weighted by Gasteiger charge is -2.04. The van der Waals surface area contributed by atoms with Crippen LogP contribution in [-0.4, -0.2) is 0 Å².